The number of aromatic nitrogens is 3. The molecule has 3 aliphatic rings. The van der Waals surface area contributed by atoms with Crippen molar-refractivity contribution in [3.63, 3.8) is 0 Å². The van der Waals surface area contributed by atoms with Crippen molar-refractivity contribution in [1.29, 1.82) is 5.26 Å². The lowest BCUT2D eigenvalue weighted by Gasteiger charge is -2.70. The van der Waals surface area contributed by atoms with Crippen molar-refractivity contribution >= 4 is 23.0 Å². The molecule has 3 N–H and O–H groups in total. The Hall–Kier alpha value is -3.93. The Labute approximate surface area is 191 Å². The summed E-state index contributed by atoms with van der Waals surface area (Å²) in [5, 5.41) is 23.0. The van der Waals surface area contributed by atoms with E-state index in [-0.39, 0.29) is 28.9 Å². The molecule has 3 heterocycles. The second-order valence-electron chi connectivity index (χ2n) is 9.55. The van der Waals surface area contributed by atoms with Gasteiger partial charge in [-0.1, -0.05) is 0 Å². The summed E-state index contributed by atoms with van der Waals surface area (Å²) in [6.07, 6.45) is 5.39. The number of nitrogens with zero attached hydrogens (tertiary/aromatic N) is 4. The topological polar surface area (TPSA) is 124 Å². The highest BCUT2D eigenvalue weighted by molar-refractivity contribution is 6.00. The van der Waals surface area contributed by atoms with Crippen LogP contribution in [0.15, 0.2) is 36.7 Å². The van der Waals surface area contributed by atoms with E-state index in [0.29, 0.717) is 22.5 Å². The maximum Gasteiger partial charge on any atom is 0.255 e. The number of hydrogen-bond acceptors (Lipinski definition) is 6. The number of pyridine rings is 1. The number of carbonyl (C=O) groups excluding carboxylic acids is 2. The summed E-state index contributed by atoms with van der Waals surface area (Å²) in [7, 11) is 0. The minimum absolute atomic E-state index is 0.0333. The lowest BCUT2D eigenvalue weighted by atomic mass is 9.44. The first-order valence-electron chi connectivity index (χ1n) is 11.0. The van der Waals surface area contributed by atoms with Gasteiger partial charge in [0, 0.05) is 30.2 Å². The summed E-state index contributed by atoms with van der Waals surface area (Å²) in [5.41, 5.74) is 3.51. The number of carbonyl (C=O) groups is 2. The van der Waals surface area contributed by atoms with Crippen LogP contribution in [0.1, 0.15) is 56.0 Å². The second-order valence-corrected chi connectivity index (χ2v) is 9.55. The molecule has 0 aliphatic heterocycles. The van der Waals surface area contributed by atoms with E-state index in [9.17, 15) is 9.59 Å². The van der Waals surface area contributed by atoms with E-state index in [1.165, 1.54) is 13.1 Å². The first-order valence-corrected chi connectivity index (χ1v) is 11.0. The summed E-state index contributed by atoms with van der Waals surface area (Å²) in [5.74, 6) is -0.209. The molecule has 3 saturated carbocycles. The number of fused-ring (bicyclic) bond motifs is 1. The fraction of sp³-hybridized carbons (Fsp3) is 0.375. The molecule has 9 heteroatoms. The maximum atomic E-state index is 13.2. The van der Waals surface area contributed by atoms with E-state index in [1.54, 1.807) is 16.8 Å². The van der Waals surface area contributed by atoms with Gasteiger partial charge in [-0.2, -0.15) is 10.4 Å². The van der Waals surface area contributed by atoms with Gasteiger partial charge in [-0.15, -0.1) is 0 Å². The number of amides is 2. The van der Waals surface area contributed by atoms with Gasteiger partial charge in [0.05, 0.1) is 39.9 Å². The highest BCUT2D eigenvalue weighted by Crippen LogP contribution is 2.60. The third-order valence-electron chi connectivity index (χ3n) is 6.33. The van der Waals surface area contributed by atoms with Crippen molar-refractivity contribution in [3.05, 3.63) is 47.8 Å². The molecular formula is C24H25N7O2. The van der Waals surface area contributed by atoms with Gasteiger partial charge in [0.15, 0.2) is 0 Å². The van der Waals surface area contributed by atoms with Gasteiger partial charge in [0.2, 0.25) is 5.91 Å². The summed E-state index contributed by atoms with van der Waals surface area (Å²) in [4.78, 5) is 29.1. The standard InChI is InChI=1S/C24H25N7O2/c1-14(2)28-19-7-20(21-5-4-17-6-16(8-25)9-27-31(17)21)26-10-18(19)22(33)30-24-11-23(12-24,13-24)29-15(3)32/h4-7,9-10,14H,11-13H2,1-3H3,(H,26,28)(H,29,32)(H,30,33). The zero-order valence-electron chi connectivity index (χ0n) is 18.8. The fourth-order valence-electron chi connectivity index (χ4n) is 5.20. The third kappa shape index (κ3) is 3.57. The van der Waals surface area contributed by atoms with Crippen LogP contribution in [-0.4, -0.2) is 43.5 Å². The molecule has 0 aromatic carbocycles. The van der Waals surface area contributed by atoms with E-state index >= 15 is 0 Å². The van der Waals surface area contributed by atoms with Crippen molar-refractivity contribution in [1.82, 2.24) is 25.2 Å². The molecule has 0 saturated heterocycles. The van der Waals surface area contributed by atoms with Gasteiger partial charge in [0.25, 0.3) is 5.91 Å². The number of nitrogens with one attached hydrogen (secondary N) is 3. The minimum Gasteiger partial charge on any atom is -0.382 e. The van der Waals surface area contributed by atoms with Crippen molar-refractivity contribution < 1.29 is 9.59 Å². The van der Waals surface area contributed by atoms with E-state index in [1.807, 2.05) is 32.0 Å². The van der Waals surface area contributed by atoms with Crippen LogP contribution in [0.4, 0.5) is 5.69 Å². The highest BCUT2D eigenvalue weighted by Gasteiger charge is 2.69. The normalized spacial score (nSPS) is 22.8. The average Bonchev–Trinajstić information content (AvgIpc) is 3.13. The SMILES string of the molecule is CC(=O)NC12CC(NC(=O)c3cnc(-c4ccc5cc(C#N)cnn45)cc3NC(C)C)(C1)C2. The molecule has 3 aromatic rings. The molecular weight excluding hydrogens is 418 g/mol. The molecule has 0 spiro atoms. The predicted molar refractivity (Wildman–Crippen MR) is 122 cm³/mol. The first kappa shape index (κ1) is 20.9. The lowest BCUT2D eigenvalue weighted by Crippen LogP contribution is -2.83. The van der Waals surface area contributed by atoms with Gasteiger partial charge in [-0.25, -0.2) is 4.52 Å². The van der Waals surface area contributed by atoms with Crippen molar-refractivity contribution in [2.24, 2.45) is 0 Å². The van der Waals surface area contributed by atoms with Gasteiger partial charge >= 0.3 is 0 Å². The fourth-order valence-corrected chi connectivity index (χ4v) is 5.20. The summed E-state index contributed by atoms with van der Waals surface area (Å²) >= 11 is 0. The Kier molecular flexibility index (Phi) is 4.64. The molecule has 9 nitrogen and oxygen atoms in total. The third-order valence-corrected chi connectivity index (χ3v) is 6.33. The lowest BCUT2D eigenvalue weighted by molar-refractivity contribution is -0.137. The zero-order valence-corrected chi connectivity index (χ0v) is 18.8. The van der Waals surface area contributed by atoms with Crippen LogP contribution < -0.4 is 16.0 Å². The van der Waals surface area contributed by atoms with E-state index in [2.05, 4.69) is 32.1 Å². The molecule has 0 radical (unpaired) electrons. The quantitative estimate of drug-likeness (QED) is 0.538. The Balaban J connectivity index is 1.41. The van der Waals surface area contributed by atoms with Crippen LogP contribution >= 0.6 is 0 Å². The number of anilines is 1. The second kappa shape index (κ2) is 7.30. The van der Waals surface area contributed by atoms with Crippen LogP contribution in [-0.2, 0) is 4.79 Å². The van der Waals surface area contributed by atoms with Crippen molar-refractivity contribution in [2.75, 3.05) is 5.32 Å². The molecule has 2 amide bonds. The van der Waals surface area contributed by atoms with Gasteiger partial charge in [-0.05, 0) is 57.4 Å². The molecule has 3 aliphatic carbocycles. The molecule has 2 bridgehead atoms. The summed E-state index contributed by atoms with van der Waals surface area (Å²) in [6.45, 7) is 5.55. The van der Waals surface area contributed by atoms with Crippen LogP contribution in [0.25, 0.3) is 16.9 Å². The van der Waals surface area contributed by atoms with Crippen molar-refractivity contribution in [2.45, 2.75) is 57.2 Å². The van der Waals surface area contributed by atoms with Gasteiger partial charge < -0.3 is 16.0 Å². The van der Waals surface area contributed by atoms with Crippen LogP contribution in [0.2, 0.25) is 0 Å². The number of hydrogen-bond donors (Lipinski definition) is 3. The molecule has 33 heavy (non-hydrogen) atoms. The predicted octanol–water partition coefficient (Wildman–Crippen LogP) is 2.63. The minimum atomic E-state index is -0.243. The van der Waals surface area contributed by atoms with Crippen LogP contribution in [0, 0.1) is 11.3 Å². The average molecular weight is 444 g/mol. The van der Waals surface area contributed by atoms with Gasteiger partial charge in [-0.3, -0.25) is 14.6 Å². The summed E-state index contributed by atoms with van der Waals surface area (Å²) in [6, 6.07) is 9.62. The van der Waals surface area contributed by atoms with Gasteiger partial charge in [0.1, 0.15) is 6.07 Å². The molecule has 0 unspecified atom stereocenters. The van der Waals surface area contributed by atoms with E-state index in [0.717, 1.165) is 30.5 Å². The van der Waals surface area contributed by atoms with Crippen LogP contribution in [0.3, 0.4) is 0 Å². The Morgan fingerprint density at radius 1 is 1.12 bits per heavy atom. The van der Waals surface area contributed by atoms with E-state index < -0.39 is 0 Å². The largest absolute Gasteiger partial charge is 0.382 e. The van der Waals surface area contributed by atoms with Crippen molar-refractivity contribution in [3.8, 4) is 17.5 Å². The molecule has 168 valence electrons. The maximum absolute atomic E-state index is 13.2. The molecule has 6 rings (SSSR count). The first-order chi connectivity index (χ1) is 15.7. The van der Waals surface area contributed by atoms with Crippen LogP contribution in [0.5, 0.6) is 0 Å². The zero-order chi connectivity index (χ0) is 23.4. The molecule has 3 fully saturated rings. The molecule has 3 aromatic heterocycles. The molecule has 0 atom stereocenters. The monoisotopic (exact) mass is 443 g/mol. The Morgan fingerprint density at radius 3 is 2.52 bits per heavy atom. The Morgan fingerprint density at radius 2 is 1.85 bits per heavy atom. The highest BCUT2D eigenvalue weighted by atomic mass is 16.2. The summed E-state index contributed by atoms with van der Waals surface area (Å²) < 4.78 is 1.73. The number of nitriles is 1. The Bertz CT molecular complexity index is 1310. The van der Waals surface area contributed by atoms with E-state index in [4.69, 9.17) is 5.26 Å². The number of rotatable bonds is 6. The smallest absolute Gasteiger partial charge is 0.255 e.